The molecule has 3 aromatic rings. The molecule has 0 aliphatic heterocycles. The standard InChI is InChI=1S/C25H30N4O3/c1-17-22(18(2)29(27-17)21-10-8-7-9-11-21)16-28(6)23(30)19-12-14-20(15-13-19)26-24(31)32-25(3,4)5/h7-15H,16H2,1-6H3,(H,26,31). The van der Waals surface area contributed by atoms with Crippen molar-refractivity contribution in [1.29, 1.82) is 0 Å². The summed E-state index contributed by atoms with van der Waals surface area (Å²) < 4.78 is 7.15. The van der Waals surface area contributed by atoms with E-state index in [0.29, 0.717) is 17.8 Å². The van der Waals surface area contributed by atoms with Crippen LogP contribution in [-0.4, -0.2) is 39.3 Å². The zero-order valence-electron chi connectivity index (χ0n) is 19.5. The number of para-hydroxylation sites is 1. The van der Waals surface area contributed by atoms with Crippen molar-refractivity contribution in [3.63, 3.8) is 0 Å². The maximum absolute atomic E-state index is 13.0. The third-order valence-corrected chi connectivity index (χ3v) is 4.96. The van der Waals surface area contributed by atoms with Crippen LogP contribution in [0.5, 0.6) is 0 Å². The summed E-state index contributed by atoms with van der Waals surface area (Å²) >= 11 is 0. The molecular formula is C25H30N4O3. The highest BCUT2D eigenvalue weighted by Gasteiger charge is 2.19. The molecule has 7 heteroatoms. The number of benzene rings is 2. The second kappa shape index (κ2) is 9.26. The molecule has 7 nitrogen and oxygen atoms in total. The van der Waals surface area contributed by atoms with Crippen molar-refractivity contribution in [2.45, 2.75) is 46.8 Å². The second-order valence-corrected chi connectivity index (χ2v) is 8.76. The van der Waals surface area contributed by atoms with E-state index in [0.717, 1.165) is 22.6 Å². The number of nitrogens with one attached hydrogen (secondary N) is 1. The molecule has 0 radical (unpaired) electrons. The number of hydrogen-bond donors (Lipinski definition) is 1. The summed E-state index contributed by atoms with van der Waals surface area (Å²) in [6, 6.07) is 16.7. The molecule has 2 amide bonds. The molecule has 168 valence electrons. The van der Waals surface area contributed by atoms with Crippen LogP contribution in [-0.2, 0) is 11.3 Å². The number of carbonyl (C=O) groups excluding carboxylic acids is 2. The molecule has 32 heavy (non-hydrogen) atoms. The fourth-order valence-electron chi connectivity index (χ4n) is 3.37. The van der Waals surface area contributed by atoms with Crippen molar-refractivity contribution < 1.29 is 14.3 Å². The van der Waals surface area contributed by atoms with Gasteiger partial charge < -0.3 is 9.64 Å². The van der Waals surface area contributed by atoms with Crippen LogP contribution in [0.1, 0.15) is 48.1 Å². The van der Waals surface area contributed by atoms with E-state index < -0.39 is 11.7 Å². The summed E-state index contributed by atoms with van der Waals surface area (Å²) in [5, 5.41) is 7.33. The number of rotatable bonds is 5. The Morgan fingerprint density at radius 1 is 1.03 bits per heavy atom. The number of aryl methyl sites for hydroxylation is 1. The summed E-state index contributed by atoms with van der Waals surface area (Å²) in [5.74, 6) is -0.111. The average molecular weight is 435 g/mol. The van der Waals surface area contributed by atoms with E-state index in [1.165, 1.54) is 0 Å². The third kappa shape index (κ3) is 5.55. The quantitative estimate of drug-likeness (QED) is 0.605. The third-order valence-electron chi connectivity index (χ3n) is 4.96. The first-order valence-corrected chi connectivity index (χ1v) is 10.5. The number of carbonyl (C=O) groups is 2. The molecule has 2 aromatic carbocycles. The van der Waals surface area contributed by atoms with Crippen molar-refractivity contribution in [3.05, 3.63) is 77.1 Å². The largest absolute Gasteiger partial charge is 0.444 e. The van der Waals surface area contributed by atoms with E-state index in [-0.39, 0.29) is 5.91 Å². The fourth-order valence-corrected chi connectivity index (χ4v) is 3.37. The summed E-state index contributed by atoms with van der Waals surface area (Å²) in [4.78, 5) is 26.5. The summed E-state index contributed by atoms with van der Waals surface area (Å²) in [5.41, 5.74) is 4.43. The minimum Gasteiger partial charge on any atom is -0.444 e. The minimum absolute atomic E-state index is 0.111. The van der Waals surface area contributed by atoms with Gasteiger partial charge in [-0.15, -0.1) is 0 Å². The van der Waals surface area contributed by atoms with E-state index in [1.807, 2.05) is 48.9 Å². The van der Waals surface area contributed by atoms with Gasteiger partial charge in [0.15, 0.2) is 0 Å². The van der Waals surface area contributed by atoms with Crippen molar-refractivity contribution >= 4 is 17.7 Å². The predicted molar refractivity (Wildman–Crippen MR) is 125 cm³/mol. The van der Waals surface area contributed by atoms with Crippen molar-refractivity contribution in [2.24, 2.45) is 0 Å². The number of hydrogen-bond acceptors (Lipinski definition) is 4. The highest BCUT2D eigenvalue weighted by atomic mass is 16.6. The Morgan fingerprint density at radius 2 is 1.66 bits per heavy atom. The Kier molecular flexibility index (Phi) is 6.67. The van der Waals surface area contributed by atoms with Crippen LogP contribution in [0.15, 0.2) is 54.6 Å². The Bertz CT molecular complexity index is 1100. The molecule has 0 aliphatic rings. The lowest BCUT2D eigenvalue weighted by Gasteiger charge is -2.20. The lowest BCUT2D eigenvalue weighted by molar-refractivity contribution is 0.0635. The molecule has 0 aliphatic carbocycles. The highest BCUT2D eigenvalue weighted by molar-refractivity contribution is 5.95. The molecule has 0 fully saturated rings. The molecule has 1 N–H and O–H groups in total. The van der Waals surface area contributed by atoms with Gasteiger partial charge in [-0.05, 0) is 71.0 Å². The fraction of sp³-hybridized carbons (Fsp3) is 0.320. The van der Waals surface area contributed by atoms with E-state index >= 15 is 0 Å². The van der Waals surface area contributed by atoms with Gasteiger partial charge in [0, 0.05) is 36.1 Å². The van der Waals surface area contributed by atoms with Crippen LogP contribution < -0.4 is 5.32 Å². The smallest absolute Gasteiger partial charge is 0.412 e. The SMILES string of the molecule is Cc1nn(-c2ccccc2)c(C)c1CN(C)C(=O)c1ccc(NC(=O)OC(C)(C)C)cc1. The lowest BCUT2D eigenvalue weighted by atomic mass is 10.1. The Morgan fingerprint density at radius 3 is 2.25 bits per heavy atom. The molecule has 1 heterocycles. The number of ether oxygens (including phenoxy) is 1. The first-order chi connectivity index (χ1) is 15.0. The molecular weight excluding hydrogens is 404 g/mol. The van der Waals surface area contributed by atoms with Gasteiger partial charge in [0.2, 0.25) is 0 Å². The summed E-state index contributed by atoms with van der Waals surface area (Å²) in [7, 11) is 1.77. The molecule has 0 unspecified atom stereocenters. The molecule has 0 spiro atoms. The van der Waals surface area contributed by atoms with Gasteiger partial charge in [0.25, 0.3) is 5.91 Å². The van der Waals surface area contributed by atoms with Gasteiger partial charge in [0.1, 0.15) is 5.60 Å². The van der Waals surface area contributed by atoms with Crippen LogP contribution in [0, 0.1) is 13.8 Å². The topological polar surface area (TPSA) is 76.5 Å². The van der Waals surface area contributed by atoms with Crippen LogP contribution in [0.4, 0.5) is 10.5 Å². The number of anilines is 1. The number of amides is 2. The molecule has 0 saturated carbocycles. The van der Waals surface area contributed by atoms with Crippen LogP contribution in [0.2, 0.25) is 0 Å². The number of aromatic nitrogens is 2. The maximum Gasteiger partial charge on any atom is 0.412 e. The summed E-state index contributed by atoms with van der Waals surface area (Å²) in [6.45, 7) is 9.82. The molecule has 0 atom stereocenters. The molecule has 0 bridgehead atoms. The van der Waals surface area contributed by atoms with Gasteiger partial charge in [-0.25, -0.2) is 9.48 Å². The maximum atomic E-state index is 13.0. The van der Waals surface area contributed by atoms with Crippen LogP contribution >= 0.6 is 0 Å². The Labute approximate surface area is 189 Å². The summed E-state index contributed by atoms with van der Waals surface area (Å²) in [6.07, 6.45) is -0.532. The Hall–Kier alpha value is -3.61. The van der Waals surface area contributed by atoms with Gasteiger partial charge in [-0.2, -0.15) is 5.10 Å². The zero-order chi connectivity index (χ0) is 23.5. The van der Waals surface area contributed by atoms with Crippen molar-refractivity contribution in [1.82, 2.24) is 14.7 Å². The minimum atomic E-state index is -0.576. The monoisotopic (exact) mass is 434 g/mol. The molecule has 1 aromatic heterocycles. The van der Waals surface area contributed by atoms with E-state index in [9.17, 15) is 9.59 Å². The average Bonchev–Trinajstić information content (AvgIpc) is 3.01. The molecule has 0 saturated heterocycles. The highest BCUT2D eigenvalue weighted by Crippen LogP contribution is 2.20. The second-order valence-electron chi connectivity index (χ2n) is 8.76. The van der Waals surface area contributed by atoms with Crippen molar-refractivity contribution in [3.8, 4) is 5.69 Å². The molecule has 3 rings (SSSR count). The Balaban J connectivity index is 1.69. The van der Waals surface area contributed by atoms with E-state index in [1.54, 1.807) is 57.0 Å². The lowest BCUT2D eigenvalue weighted by Crippen LogP contribution is -2.27. The van der Waals surface area contributed by atoms with Gasteiger partial charge in [-0.1, -0.05) is 18.2 Å². The van der Waals surface area contributed by atoms with E-state index in [2.05, 4.69) is 10.4 Å². The van der Waals surface area contributed by atoms with E-state index in [4.69, 9.17) is 4.74 Å². The zero-order valence-corrected chi connectivity index (χ0v) is 19.5. The van der Waals surface area contributed by atoms with Gasteiger partial charge in [0.05, 0.1) is 11.4 Å². The van der Waals surface area contributed by atoms with Crippen molar-refractivity contribution in [2.75, 3.05) is 12.4 Å². The van der Waals surface area contributed by atoms with Crippen LogP contribution in [0.25, 0.3) is 5.69 Å². The predicted octanol–water partition coefficient (Wildman–Crippen LogP) is 5.11. The first kappa shape index (κ1) is 23.1. The first-order valence-electron chi connectivity index (χ1n) is 10.5. The normalized spacial score (nSPS) is 11.2. The van der Waals surface area contributed by atoms with Gasteiger partial charge in [-0.3, -0.25) is 10.1 Å². The van der Waals surface area contributed by atoms with Crippen LogP contribution in [0.3, 0.4) is 0 Å². The van der Waals surface area contributed by atoms with Gasteiger partial charge >= 0.3 is 6.09 Å². The number of nitrogens with zero attached hydrogens (tertiary/aromatic N) is 3.